The lowest BCUT2D eigenvalue weighted by Gasteiger charge is -2.17. The lowest BCUT2D eigenvalue weighted by atomic mass is 10.1. The van der Waals surface area contributed by atoms with E-state index in [-0.39, 0.29) is 5.82 Å². The molecule has 0 unspecified atom stereocenters. The van der Waals surface area contributed by atoms with E-state index in [0.29, 0.717) is 42.4 Å². The number of hydrogen-bond acceptors (Lipinski definition) is 4. The van der Waals surface area contributed by atoms with Gasteiger partial charge in [-0.25, -0.2) is 14.4 Å². The van der Waals surface area contributed by atoms with Crippen LogP contribution < -0.4 is 5.73 Å². The maximum atomic E-state index is 13.6. The highest BCUT2D eigenvalue weighted by Gasteiger charge is 2.17. The first kappa shape index (κ1) is 12.0. The van der Waals surface area contributed by atoms with E-state index in [1.165, 1.54) is 6.07 Å². The van der Waals surface area contributed by atoms with E-state index in [0.717, 1.165) is 11.3 Å². The van der Waals surface area contributed by atoms with Crippen LogP contribution >= 0.6 is 0 Å². The molecule has 0 spiro atoms. The first-order chi connectivity index (χ1) is 9.15. The second kappa shape index (κ2) is 4.59. The van der Waals surface area contributed by atoms with Crippen molar-refractivity contribution < 1.29 is 9.13 Å². The molecule has 19 heavy (non-hydrogen) atoms. The molecule has 5 heteroatoms. The summed E-state index contributed by atoms with van der Waals surface area (Å²) in [7, 11) is 0. The van der Waals surface area contributed by atoms with Crippen molar-refractivity contribution in [1.82, 2.24) is 9.97 Å². The lowest BCUT2D eigenvalue weighted by molar-refractivity contribution is 0.109. The van der Waals surface area contributed by atoms with E-state index < -0.39 is 0 Å². The van der Waals surface area contributed by atoms with Crippen LogP contribution in [0.2, 0.25) is 0 Å². The number of benzene rings is 1. The predicted molar refractivity (Wildman–Crippen MR) is 69.9 cm³/mol. The summed E-state index contributed by atoms with van der Waals surface area (Å²) in [5, 5.41) is 0. The summed E-state index contributed by atoms with van der Waals surface area (Å²) in [6.45, 7) is 2.80. The Morgan fingerprint density at radius 2 is 2.16 bits per heavy atom. The molecule has 1 aromatic carbocycles. The third-order valence-corrected chi connectivity index (χ3v) is 3.28. The van der Waals surface area contributed by atoms with Gasteiger partial charge in [0, 0.05) is 17.5 Å². The number of hydrogen-bond donors (Lipinski definition) is 1. The Hall–Kier alpha value is -2.01. The van der Waals surface area contributed by atoms with E-state index in [2.05, 4.69) is 9.97 Å². The third kappa shape index (κ3) is 2.17. The van der Waals surface area contributed by atoms with E-state index >= 15 is 0 Å². The maximum Gasteiger partial charge on any atom is 0.161 e. The van der Waals surface area contributed by atoms with Gasteiger partial charge in [-0.3, -0.25) is 0 Å². The van der Waals surface area contributed by atoms with Crippen molar-refractivity contribution in [3.8, 4) is 11.4 Å². The number of nitrogens with two attached hydrogens (primary N) is 1. The largest absolute Gasteiger partial charge is 0.383 e. The summed E-state index contributed by atoms with van der Waals surface area (Å²) in [5.74, 6) is 0.624. The minimum Gasteiger partial charge on any atom is -0.383 e. The number of nitrogen functional groups attached to an aromatic ring is 1. The van der Waals surface area contributed by atoms with Gasteiger partial charge in [-0.15, -0.1) is 0 Å². The first-order valence-electron chi connectivity index (χ1n) is 6.14. The number of halogens is 1. The van der Waals surface area contributed by atoms with E-state index in [1.807, 2.05) is 0 Å². The monoisotopic (exact) mass is 259 g/mol. The van der Waals surface area contributed by atoms with E-state index in [9.17, 15) is 4.39 Å². The minimum absolute atomic E-state index is 0.263. The van der Waals surface area contributed by atoms with Crippen LogP contribution in [0.3, 0.4) is 0 Å². The summed E-state index contributed by atoms with van der Waals surface area (Å²) in [6, 6.07) is 4.96. The standard InChI is InChI=1S/C14H14FN3O/c1-8-2-3-9(6-11(8)15)14-17-12-4-5-19-7-10(12)13(16)18-14/h2-3,6H,4-5,7H2,1H3,(H2,16,17,18). The van der Waals surface area contributed by atoms with Crippen LogP contribution in [0.1, 0.15) is 16.8 Å². The summed E-state index contributed by atoms with van der Waals surface area (Å²) < 4.78 is 18.9. The summed E-state index contributed by atoms with van der Waals surface area (Å²) in [5.41, 5.74) is 8.91. The molecule has 0 fully saturated rings. The van der Waals surface area contributed by atoms with Crippen molar-refractivity contribution in [1.29, 1.82) is 0 Å². The number of fused-ring (bicyclic) bond motifs is 1. The fraction of sp³-hybridized carbons (Fsp3) is 0.286. The molecule has 0 aliphatic carbocycles. The number of nitrogens with zero attached hydrogens (tertiary/aromatic N) is 2. The van der Waals surface area contributed by atoms with E-state index in [1.54, 1.807) is 19.1 Å². The van der Waals surface area contributed by atoms with Gasteiger partial charge in [0.15, 0.2) is 5.82 Å². The highest BCUT2D eigenvalue weighted by Crippen LogP contribution is 2.25. The quantitative estimate of drug-likeness (QED) is 0.853. The van der Waals surface area contributed by atoms with Crippen LogP contribution in [0.25, 0.3) is 11.4 Å². The van der Waals surface area contributed by atoms with Gasteiger partial charge >= 0.3 is 0 Å². The zero-order valence-corrected chi connectivity index (χ0v) is 10.6. The summed E-state index contributed by atoms with van der Waals surface area (Å²) >= 11 is 0. The van der Waals surface area contributed by atoms with Gasteiger partial charge in [-0.05, 0) is 18.6 Å². The zero-order chi connectivity index (χ0) is 13.4. The third-order valence-electron chi connectivity index (χ3n) is 3.28. The fourth-order valence-corrected chi connectivity index (χ4v) is 2.12. The number of aryl methyl sites for hydroxylation is 1. The van der Waals surface area contributed by atoms with Crippen LogP contribution in [0.15, 0.2) is 18.2 Å². The molecule has 0 saturated carbocycles. The Labute approximate surface area is 110 Å². The Morgan fingerprint density at radius 3 is 2.95 bits per heavy atom. The molecular formula is C14H14FN3O. The second-order valence-electron chi connectivity index (χ2n) is 4.62. The van der Waals surface area contributed by atoms with Crippen molar-refractivity contribution in [3.63, 3.8) is 0 Å². The summed E-state index contributed by atoms with van der Waals surface area (Å²) in [4.78, 5) is 8.72. The number of ether oxygens (including phenoxy) is 1. The van der Waals surface area contributed by atoms with Crippen molar-refractivity contribution in [3.05, 3.63) is 40.8 Å². The van der Waals surface area contributed by atoms with Crippen molar-refractivity contribution >= 4 is 5.82 Å². The Kier molecular flexibility index (Phi) is 2.91. The second-order valence-corrected chi connectivity index (χ2v) is 4.62. The van der Waals surface area contributed by atoms with Gasteiger partial charge in [-0.1, -0.05) is 12.1 Å². The van der Waals surface area contributed by atoms with Gasteiger partial charge in [-0.2, -0.15) is 0 Å². The van der Waals surface area contributed by atoms with Crippen molar-refractivity contribution in [2.24, 2.45) is 0 Å². The molecule has 0 atom stereocenters. The van der Waals surface area contributed by atoms with Gasteiger partial charge in [0.1, 0.15) is 11.6 Å². The van der Waals surface area contributed by atoms with Crippen LogP contribution in [0, 0.1) is 12.7 Å². The predicted octanol–water partition coefficient (Wildman–Crippen LogP) is 2.25. The number of anilines is 1. The molecule has 3 rings (SSSR count). The molecular weight excluding hydrogens is 245 g/mol. The number of rotatable bonds is 1. The normalized spacial score (nSPS) is 14.2. The van der Waals surface area contributed by atoms with Gasteiger partial charge in [0.2, 0.25) is 0 Å². The molecule has 0 amide bonds. The highest BCUT2D eigenvalue weighted by atomic mass is 19.1. The maximum absolute atomic E-state index is 13.6. The van der Waals surface area contributed by atoms with Gasteiger partial charge < -0.3 is 10.5 Å². The Morgan fingerprint density at radius 1 is 1.32 bits per heavy atom. The summed E-state index contributed by atoms with van der Waals surface area (Å²) in [6.07, 6.45) is 0.712. The molecule has 2 aromatic rings. The molecule has 1 aliphatic heterocycles. The molecule has 2 heterocycles. The Bertz CT molecular complexity index is 643. The SMILES string of the molecule is Cc1ccc(-c2nc(N)c3c(n2)CCOC3)cc1F. The van der Waals surface area contributed by atoms with Gasteiger partial charge in [0.25, 0.3) is 0 Å². The fourth-order valence-electron chi connectivity index (χ4n) is 2.12. The zero-order valence-electron chi connectivity index (χ0n) is 10.6. The van der Waals surface area contributed by atoms with Crippen LogP contribution in [-0.4, -0.2) is 16.6 Å². The Balaban J connectivity index is 2.10. The van der Waals surface area contributed by atoms with Gasteiger partial charge in [0.05, 0.1) is 18.9 Å². The molecule has 1 aliphatic rings. The molecule has 0 saturated heterocycles. The number of aromatic nitrogens is 2. The van der Waals surface area contributed by atoms with Crippen LogP contribution in [0.5, 0.6) is 0 Å². The van der Waals surface area contributed by atoms with E-state index in [4.69, 9.17) is 10.5 Å². The molecule has 1 aromatic heterocycles. The van der Waals surface area contributed by atoms with Crippen molar-refractivity contribution in [2.45, 2.75) is 20.0 Å². The van der Waals surface area contributed by atoms with Crippen molar-refractivity contribution in [2.75, 3.05) is 12.3 Å². The topological polar surface area (TPSA) is 61.0 Å². The minimum atomic E-state index is -0.263. The molecule has 4 nitrogen and oxygen atoms in total. The average Bonchev–Trinajstić information content (AvgIpc) is 2.42. The van der Waals surface area contributed by atoms with Crippen LogP contribution in [-0.2, 0) is 17.8 Å². The average molecular weight is 259 g/mol. The first-order valence-corrected chi connectivity index (χ1v) is 6.14. The van der Waals surface area contributed by atoms with Crippen LogP contribution in [0.4, 0.5) is 10.2 Å². The lowest BCUT2D eigenvalue weighted by Crippen LogP contribution is -2.16. The molecule has 0 bridgehead atoms. The molecule has 0 radical (unpaired) electrons. The molecule has 98 valence electrons. The molecule has 2 N–H and O–H groups in total. The smallest absolute Gasteiger partial charge is 0.161 e. The highest BCUT2D eigenvalue weighted by molar-refractivity contribution is 5.59.